The van der Waals surface area contributed by atoms with Crippen LogP contribution in [-0.2, 0) is 10.8 Å². The average Bonchev–Trinajstić information content (AvgIpc) is 3.74. The molecule has 11 aromatic carbocycles. The van der Waals surface area contributed by atoms with Gasteiger partial charge in [-0.3, -0.25) is 0 Å². The quantitative estimate of drug-likeness (QED) is 0.117. The lowest BCUT2D eigenvalue weighted by Crippen LogP contribution is -2.31. The zero-order valence-electron chi connectivity index (χ0n) is 38.2. The first-order valence-electron chi connectivity index (χ1n) is 23.9. The van der Waals surface area contributed by atoms with E-state index in [1.54, 1.807) is 0 Å². The predicted octanol–water partition coefficient (Wildman–Crippen LogP) is 17.2. The van der Waals surface area contributed by atoms with Gasteiger partial charge in [-0.15, -0.1) is 0 Å². The minimum Gasteiger partial charge on any atom is -0.310 e. The molecule has 0 fully saturated rings. The van der Waals surface area contributed by atoms with Gasteiger partial charge in [-0.2, -0.15) is 0 Å². The van der Waals surface area contributed by atoms with Gasteiger partial charge in [0.15, 0.2) is 0 Å². The highest BCUT2D eigenvalue weighted by Gasteiger charge is 2.46. The van der Waals surface area contributed by atoms with E-state index in [0.717, 1.165) is 28.2 Å². The summed E-state index contributed by atoms with van der Waals surface area (Å²) < 4.78 is 0. The van der Waals surface area contributed by atoms with Crippen LogP contribution in [-0.4, -0.2) is 0 Å². The molecule has 0 saturated carbocycles. The maximum Gasteiger partial charge on any atom is 0.0713 e. The maximum absolute atomic E-state index is 2.42. The topological polar surface area (TPSA) is 3.24 Å². The summed E-state index contributed by atoms with van der Waals surface area (Å²) in [5, 5.41) is 0. The van der Waals surface area contributed by atoms with Crippen LogP contribution in [0.25, 0.3) is 33.4 Å². The van der Waals surface area contributed by atoms with Crippen LogP contribution in [0.1, 0.15) is 44.5 Å². The van der Waals surface area contributed by atoms with Gasteiger partial charge in [-0.05, 0) is 120 Å². The molecular weight excluding hydrogens is 831 g/mol. The standard InChI is InChI=1S/C68H49N/c1-7-22-50(23-8-1)51-38-42-60(43-39-51)69(62-46-47-66-64(49-62)63-36-19-20-37-65(63)68(66,57-31-15-5-16-32-57)58-33-17-6-18-34-58)61-44-40-52(41-45-61)53-24-21-35-59(48-53)67(54-25-9-2-10-26-54,55-27-11-3-12-28-55)56-29-13-4-14-30-56/h1-49H. The lowest BCUT2D eigenvalue weighted by molar-refractivity contribution is 0.745. The number of benzene rings is 11. The smallest absolute Gasteiger partial charge is 0.0713 e. The Labute approximate surface area is 405 Å². The van der Waals surface area contributed by atoms with Crippen LogP contribution in [0, 0.1) is 0 Å². The predicted molar refractivity (Wildman–Crippen MR) is 288 cm³/mol. The molecule has 0 heterocycles. The SMILES string of the molecule is c1ccc(-c2ccc(N(c3ccc(-c4cccc(C(c5ccccc5)(c5ccccc5)c5ccccc5)c4)cc3)c3ccc4c(c3)-c3ccccc3C4(c3ccccc3)c3ccccc3)cc2)cc1. The first-order valence-corrected chi connectivity index (χ1v) is 23.9. The largest absolute Gasteiger partial charge is 0.310 e. The zero-order valence-corrected chi connectivity index (χ0v) is 38.2. The van der Waals surface area contributed by atoms with Crippen molar-refractivity contribution in [2.45, 2.75) is 10.8 Å². The van der Waals surface area contributed by atoms with Crippen molar-refractivity contribution in [2.75, 3.05) is 4.90 Å². The van der Waals surface area contributed by atoms with Gasteiger partial charge >= 0.3 is 0 Å². The fraction of sp³-hybridized carbons (Fsp3) is 0.0294. The molecule has 0 aromatic heterocycles. The Kier molecular flexibility index (Phi) is 10.7. The van der Waals surface area contributed by atoms with Crippen molar-refractivity contribution in [3.63, 3.8) is 0 Å². The molecule has 69 heavy (non-hydrogen) atoms. The van der Waals surface area contributed by atoms with Crippen molar-refractivity contribution in [3.8, 4) is 33.4 Å². The van der Waals surface area contributed by atoms with Gasteiger partial charge in [0, 0.05) is 17.1 Å². The molecular formula is C68H49N. The number of rotatable bonds is 11. The molecule has 0 spiro atoms. The van der Waals surface area contributed by atoms with Gasteiger partial charge in [0.1, 0.15) is 0 Å². The Morgan fingerprint density at radius 3 is 1.14 bits per heavy atom. The minimum absolute atomic E-state index is 0.468. The molecule has 0 atom stereocenters. The summed E-state index contributed by atoms with van der Waals surface area (Å²) >= 11 is 0. The molecule has 1 aliphatic rings. The van der Waals surface area contributed by atoms with E-state index in [2.05, 4.69) is 302 Å². The second-order valence-corrected chi connectivity index (χ2v) is 18.0. The van der Waals surface area contributed by atoms with E-state index >= 15 is 0 Å². The number of anilines is 3. The molecule has 0 bridgehead atoms. The van der Waals surface area contributed by atoms with Gasteiger partial charge < -0.3 is 4.90 Å². The average molecular weight is 880 g/mol. The summed E-state index contributed by atoms with van der Waals surface area (Å²) in [4.78, 5) is 2.41. The van der Waals surface area contributed by atoms with Crippen LogP contribution in [0.15, 0.2) is 297 Å². The Morgan fingerprint density at radius 1 is 0.246 bits per heavy atom. The van der Waals surface area contributed by atoms with Crippen molar-refractivity contribution in [1.29, 1.82) is 0 Å². The second-order valence-electron chi connectivity index (χ2n) is 18.0. The maximum atomic E-state index is 2.42. The Balaban J connectivity index is 0.999. The summed E-state index contributed by atoms with van der Waals surface area (Å²) in [5.74, 6) is 0. The van der Waals surface area contributed by atoms with Gasteiger partial charge in [-0.1, -0.05) is 255 Å². The van der Waals surface area contributed by atoms with Gasteiger partial charge in [0.25, 0.3) is 0 Å². The van der Waals surface area contributed by atoms with Crippen LogP contribution in [0.2, 0.25) is 0 Å². The highest BCUT2D eigenvalue weighted by atomic mass is 15.1. The van der Waals surface area contributed by atoms with E-state index in [9.17, 15) is 0 Å². The zero-order chi connectivity index (χ0) is 46.0. The van der Waals surface area contributed by atoms with Gasteiger partial charge in [-0.25, -0.2) is 0 Å². The van der Waals surface area contributed by atoms with Crippen molar-refractivity contribution in [3.05, 3.63) is 342 Å². The number of nitrogens with zero attached hydrogens (tertiary/aromatic N) is 1. The Hall–Kier alpha value is -8.78. The van der Waals surface area contributed by atoms with E-state index in [-0.39, 0.29) is 0 Å². The van der Waals surface area contributed by atoms with Crippen LogP contribution < -0.4 is 4.90 Å². The highest BCUT2D eigenvalue weighted by Crippen LogP contribution is 2.57. The van der Waals surface area contributed by atoms with E-state index in [1.165, 1.54) is 66.8 Å². The Morgan fingerprint density at radius 2 is 0.623 bits per heavy atom. The first-order chi connectivity index (χ1) is 34.2. The minimum atomic E-state index is -0.534. The van der Waals surface area contributed by atoms with Gasteiger partial charge in [0.05, 0.1) is 10.8 Å². The fourth-order valence-electron chi connectivity index (χ4n) is 11.3. The van der Waals surface area contributed by atoms with Crippen LogP contribution in [0.5, 0.6) is 0 Å². The molecule has 0 unspecified atom stereocenters. The summed E-state index contributed by atoms with van der Waals surface area (Å²) in [6, 6.07) is 109. The molecule has 0 saturated heterocycles. The summed E-state index contributed by atoms with van der Waals surface area (Å²) in [6.07, 6.45) is 0. The normalized spacial score (nSPS) is 12.5. The molecule has 1 heteroatoms. The molecule has 1 nitrogen and oxygen atoms in total. The fourth-order valence-corrected chi connectivity index (χ4v) is 11.3. The third kappa shape index (κ3) is 7.10. The van der Waals surface area contributed by atoms with Gasteiger partial charge in [0.2, 0.25) is 0 Å². The third-order valence-corrected chi connectivity index (χ3v) is 14.3. The second kappa shape index (κ2) is 17.8. The van der Waals surface area contributed by atoms with Crippen LogP contribution in [0.4, 0.5) is 17.1 Å². The molecule has 0 radical (unpaired) electrons. The molecule has 12 rings (SSSR count). The molecule has 326 valence electrons. The van der Waals surface area contributed by atoms with E-state index in [0.29, 0.717) is 0 Å². The number of hydrogen-bond acceptors (Lipinski definition) is 1. The van der Waals surface area contributed by atoms with E-state index < -0.39 is 10.8 Å². The van der Waals surface area contributed by atoms with Crippen LogP contribution in [0.3, 0.4) is 0 Å². The van der Waals surface area contributed by atoms with Crippen molar-refractivity contribution in [2.24, 2.45) is 0 Å². The highest BCUT2D eigenvalue weighted by molar-refractivity contribution is 5.90. The molecule has 0 aliphatic heterocycles. The summed E-state index contributed by atoms with van der Waals surface area (Å²) in [6.45, 7) is 0. The number of hydrogen-bond donors (Lipinski definition) is 0. The van der Waals surface area contributed by atoms with Crippen LogP contribution >= 0.6 is 0 Å². The lowest BCUT2D eigenvalue weighted by Gasteiger charge is -2.37. The van der Waals surface area contributed by atoms with E-state index in [1.807, 2.05) is 0 Å². The van der Waals surface area contributed by atoms with Crippen molar-refractivity contribution < 1.29 is 0 Å². The summed E-state index contributed by atoms with van der Waals surface area (Å²) in [7, 11) is 0. The molecule has 0 amide bonds. The van der Waals surface area contributed by atoms with Crippen molar-refractivity contribution in [1.82, 2.24) is 0 Å². The van der Waals surface area contributed by atoms with E-state index in [4.69, 9.17) is 0 Å². The number of fused-ring (bicyclic) bond motifs is 3. The Bertz CT molecular complexity index is 3360. The molecule has 11 aromatic rings. The third-order valence-electron chi connectivity index (χ3n) is 14.3. The first kappa shape index (κ1) is 41.6. The van der Waals surface area contributed by atoms with Crippen molar-refractivity contribution >= 4 is 17.1 Å². The molecule has 0 N–H and O–H groups in total. The monoisotopic (exact) mass is 879 g/mol. The lowest BCUT2D eigenvalue weighted by atomic mass is 9.65. The summed E-state index contributed by atoms with van der Waals surface area (Å²) in [5.41, 5.74) is 19.5. The molecule has 1 aliphatic carbocycles.